The van der Waals surface area contributed by atoms with E-state index in [9.17, 15) is 0 Å². The van der Waals surface area contributed by atoms with Gasteiger partial charge in [0.2, 0.25) is 0 Å². The minimum absolute atomic E-state index is 0.451. The molecule has 1 fully saturated rings. The first-order chi connectivity index (χ1) is 7.76. The maximum atomic E-state index is 6.00. The predicted molar refractivity (Wildman–Crippen MR) is 71.5 cm³/mol. The van der Waals surface area contributed by atoms with Gasteiger partial charge in [-0.05, 0) is 44.3 Å². The molecule has 2 N–H and O–H groups in total. The third kappa shape index (κ3) is 3.91. The van der Waals surface area contributed by atoms with E-state index >= 15 is 0 Å². The smallest absolute Gasteiger partial charge is 0.0160 e. The molecule has 0 radical (unpaired) electrons. The maximum Gasteiger partial charge on any atom is 0.0160 e. The van der Waals surface area contributed by atoms with Crippen molar-refractivity contribution in [2.45, 2.75) is 45.4 Å². The van der Waals surface area contributed by atoms with E-state index in [1.165, 1.54) is 45.1 Å². The lowest BCUT2D eigenvalue weighted by Crippen LogP contribution is -2.37. The van der Waals surface area contributed by atoms with Gasteiger partial charge in [0.25, 0.3) is 0 Å². The molecular weight excluding hydrogens is 196 g/mol. The van der Waals surface area contributed by atoms with Gasteiger partial charge < -0.3 is 5.73 Å². The van der Waals surface area contributed by atoms with Gasteiger partial charge in [-0.2, -0.15) is 0 Å². The van der Waals surface area contributed by atoms with Crippen LogP contribution in [0.25, 0.3) is 0 Å². The van der Waals surface area contributed by atoms with Crippen LogP contribution in [-0.4, -0.2) is 31.1 Å². The summed E-state index contributed by atoms with van der Waals surface area (Å²) in [5, 5.41) is 0. The Morgan fingerprint density at radius 2 is 2.00 bits per heavy atom. The second-order valence-corrected chi connectivity index (χ2v) is 5.20. The summed E-state index contributed by atoms with van der Waals surface area (Å²) in [5.74, 6) is 0. The Balaban J connectivity index is 2.39. The summed E-state index contributed by atoms with van der Waals surface area (Å²) in [5.41, 5.74) is 6.45. The number of nitrogens with zero attached hydrogens (tertiary/aromatic N) is 1. The molecule has 0 aromatic carbocycles. The Bertz CT molecular complexity index is 195. The quantitative estimate of drug-likeness (QED) is 0.674. The van der Waals surface area contributed by atoms with Gasteiger partial charge >= 0.3 is 0 Å². The molecule has 0 aromatic heterocycles. The highest BCUT2D eigenvalue weighted by Gasteiger charge is 2.30. The number of hydrogen-bond donors (Lipinski definition) is 1. The van der Waals surface area contributed by atoms with Crippen molar-refractivity contribution < 1.29 is 0 Å². The molecule has 0 aliphatic heterocycles. The van der Waals surface area contributed by atoms with E-state index in [0.29, 0.717) is 5.41 Å². The topological polar surface area (TPSA) is 29.3 Å². The molecule has 0 amide bonds. The average molecular weight is 224 g/mol. The molecule has 0 saturated heterocycles. The fraction of sp³-hybridized carbons (Fsp3) is 0.857. The summed E-state index contributed by atoms with van der Waals surface area (Å²) < 4.78 is 0. The lowest BCUT2D eigenvalue weighted by molar-refractivity contribution is 0.153. The van der Waals surface area contributed by atoms with Gasteiger partial charge in [0, 0.05) is 6.54 Å². The highest BCUT2D eigenvalue weighted by Crippen LogP contribution is 2.38. The van der Waals surface area contributed by atoms with Crippen molar-refractivity contribution in [1.29, 1.82) is 0 Å². The SMILES string of the molecule is C=CCN(CC)CCC1(CN)CCCCC1. The Labute approximate surface area is 101 Å². The van der Waals surface area contributed by atoms with Crippen LogP contribution in [0.15, 0.2) is 12.7 Å². The normalized spacial score (nSPS) is 19.9. The number of rotatable bonds is 7. The Kier molecular flexibility index (Phi) is 6.07. The van der Waals surface area contributed by atoms with Crippen LogP contribution in [-0.2, 0) is 0 Å². The van der Waals surface area contributed by atoms with Crippen LogP contribution >= 0.6 is 0 Å². The van der Waals surface area contributed by atoms with E-state index < -0.39 is 0 Å². The molecule has 0 aromatic rings. The lowest BCUT2D eigenvalue weighted by atomic mass is 9.72. The minimum atomic E-state index is 0.451. The number of hydrogen-bond acceptors (Lipinski definition) is 2. The molecule has 0 atom stereocenters. The standard InChI is InChI=1S/C14H28N2/c1-3-11-16(4-2)12-10-14(13-15)8-6-5-7-9-14/h3H,1,4-13,15H2,2H3. The first-order valence-corrected chi connectivity index (χ1v) is 6.79. The number of likely N-dealkylation sites (N-methyl/N-ethyl adjacent to an activating group) is 1. The largest absolute Gasteiger partial charge is 0.330 e. The van der Waals surface area contributed by atoms with E-state index in [1.54, 1.807) is 0 Å². The molecule has 1 aliphatic carbocycles. The third-order valence-corrected chi connectivity index (χ3v) is 4.14. The summed E-state index contributed by atoms with van der Waals surface area (Å²) in [6, 6.07) is 0. The molecule has 1 saturated carbocycles. The van der Waals surface area contributed by atoms with Crippen LogP contribution < -0.4 is 5.73 Å². The molecule has 0 bridgehead atoms. The van der Waals surface area contributed by atoms with Crippen LogP contribution in [0.5, 0.6) is 0 Å². The Morgan fingerprint density at radius 3 is 2.50 bits per heavy atom. The molecule has 1 rings (SSSR count). The van der Waals surface area contributed by atoms with Crippen molar-refractivity contribution in [2.75, 3.05) is 26.2 Å². The first-order valence-electron chi connectivity index (χ1n) is 6.79. The summed E-state index contributed by atoms with van der Waals surface area (Å²) >= 11 is 0. The fourth-order valence-corrected chi connectivity index (χ4v) is 2.81. The highest BCUT2D eigenvalue weighted by atomic mass is 15.1. The van der Waals surface area contributed by atoms with Crippen LogP contribution in [0, 0.1) is 5.41 Å². The van der Waals surface area contributed by atoms with Crippen molar-refractivity contribution in [3.05, 3.63) is 12.7 Å². The monoisotopic (exact) mass is 224 g/mol. The molecule has 0 unspecified atom stereocenters. The molecule has 1 aliphatic rings. The molecule has 2 heteroatoms. The van der Waals surface area contributed by atoms with Gasteiger partial charge in [-0.25, -0.2) is 0 Å². The molecule has 94 valence electrons. The number of nitrogens with two attached hydrogens (primary N) is 1. The minimum Gasteiger partial charge on any atom is -0.330 e. The highest BCUT2D eigenvalue weighted by molar-refractivity contribution is 4.85. The zero-order valence-corrected chi connectivity index (χ0v) is 10.9. The van der Waals surface area contributed by atoms with Crippen LogP contribution in [0.2, 0.25) is 0 Å². The van der Waals surface area contributed by atoms with Gasteiger partial charge in [0.1, 0.15) is 0 Å². The molecule has 16 heavy (non-hydrogen) atoms. The summed E-state index contributed by atoms with van der Waals surface area (Å²) in [7, 11) is 0. The molecule has 0 heterocycles. The van der Waals surface area contributed by atoms with E-state index in [4.69, 9.17) is 5.73 Å². The van der Waals surface area contributed by atoms with E-state index in [2.05, 4.69) is 18.4 Å². The summed E-state index contributed by atoms with van der Waals surface area (Å²) in [6.07, 6.45) is 10.1. The molecule has 2 nitrogen and oxygen atoms in total. The summed E-state index contributed by atoms with van der Waals surface area (Å²) in [4.78, 5) is 2.46. The Hall–Kier alpha value is -0.340. The van der Waals surface area contributed by atoms with E-state index in [0.717, 1.165) is 19.6 Å². The predicted octanol–water partition coefficient (Wildman–Crippen LogP) is 2.79. The van der Waals surface area contributed by atoms with Crippen molar-refractivity contribution >= 4 is 0 Å². The maximum absolute atomic E-state index is 6.00. The van der Waals surface area contributed by atoms with Gasteiger partial charge in [-0.3, -0.25) is 4.90 Å². The summed E-state index contributed by atoms with van der Waals surface area (Å²) in [6.45, 7) is 10.2. The van der Waals surface area contributed by atoms with Crippen molar-refractivity contribution in [1.82, 2.24) is 4.90 Å². The molecule has 0 spiro atoms. The first kappa shape index (κ1) is 13.7. The Morgan fingerprint density at radius 1 is 1.31 bits per heavy atom. The molecular formula is C14H28N2. The zero-order chi connectivity index (χ0) is 11.9. The average Bonchev–Trinajstić information content (AvgIpc) is 2.35. The van der Waals surface area contributed by atoms with Crippen molar-refractivity contribution in [3.63, 3.8) is 0 Å². The fourth-order valence-electron chi connectivity index (χ4n) is 2.81. The lowest BCUT2D eigenvalue weighted by Gasteiger charge is -2.37. The third-order valence-electron chi connectivity index (χ3n) is 4.14. The second kappa shape index (κ2) is 7.08. The van der Waals surface area contributed by atoms with Crippen LogP contribution in [0.4, 0.5) is 0 Å². The van der Waals surface area contributed by atoms with Crippen molar-refractivity contribution in [3.8, 4) is 0 Å². The van der Waals surface area contributed by atoms with Crippen molar-refractivity contribution in [2.24, 2.45) is 11.1 Å². The van der Waals surface area contributed by atoms with E-state index in [-0.39, 0.29) is 0 Å². The van der Waals surface area contributed by atoms with Gasteiger partial charge in [0.15, 0.2) is 0 Å². The van der Waals surface area contributed by atoms with Gasteiger partial charge in [-0.1, -0.05) is 32.3 Å². The van der Waals surface area contributed by atoms with Crippen LogP contribution in [0.3, 0.4) is 0 Å². The van der Waals surface area contributed by atoms with Gasteiger partial charge in [-0.15, -0.1) is 6.58 Å². The second-order valence-electron chi connectivity index (χ2n) is 5.20. The van der Waals surface area contributed by atoms with Gasteiger partial charge in [0.05, 0.1) is 0 Å². The zero-order valence-electron chi connectivity index (χ0n) is 10.9. The van der Waals surface area contributed by atoms with Crippen LogP contribution in [0.1, 0.15) is 45.4 Å². The van der Waals surface area contributed by atoms with E-state index in [1.807, 2.05) is 6.08 Å².